The number of pyridine rings is 1. The summed E-state index contributed by atoms with van der Waals surface area (Å²) in [6.45, 7) is 0. The molecule has 1 atom stereocenters. The number of benzene rings is 1. The van der Waals surface area contributed by atoms with E-state index in [1.807, 2.05) is 42.5 Å². The van der Waals surface area contributed by atoms with Gasteiger partial charge in [-0.05, 0) is 18.2 Å². The Bertz CT molecular complexity index is 646. The Labute approximate surface area is 105 Å². The van der Waals surface area contributed by atoms with Crippen LogP contribution in [0.25, 0.3) is 11.0 Å². The molecule has 0 saturated heterocycles. The van der Waals surface area contributed by atoms with E-state index in [1.54, 1.807) is 12.5 Å². The van der Waals surface area contributed by atoms with Crippen molar-refractivity contribution in [2.75, 3.05) is 0 Å². The van der Waals surface area contributed by atoms with Crippen LogP contribution in [-0.2, 0) is 6.42 Å². The van der Waals surface area contributed by atoms with E-state index in [2.05, 4.69) is 4.98 Å². The van der Waals surface area contributed by atoms with Crippen molar-refractivity contribution >= 4 is 11.0 Å². The zero-order chi connectivity index (χ0) is 12.4. The monoisotopic (exact) mass is 239 g/mol. The van der Waals surface area contributed by atoms with Gasteiger partial charge in [-0.1, -0.05) is 24.3 Å². The fraction of sp³-hybridized carbons (Fsp3) is 0.133. The van der Waals surface area contributed by atoms with Crippen LogP contribution in [0.2, 0.25) is 0 Å². The first-order valence-electron chi connectivity index (χ1n) is 5.89. The molecule has 0 bridgehead atoms. The molecule has 0 aliphatic rings. The van der Waals surface area contributed by atoms with Gasteiger partial charge >= 0.3 is 0 Å². The zero-order valence-corrected chi connectivity index (χ0v) is 9.78. The van der Waals surface area contributed by atoms with Crippen molar-refractivity contribution in [3.05, 3.63) is 66.2 Å². The standard InChI is InChI=1S/C15H13NO2/c17-14(9-11-5-3-4-8-16-11)13-10-18-15-7-2-1-6-12(13)15/h1-8,10,14,17H,9H2. The number of aliphatic hydroxyl groups excluding tert-OH is 1. The highest BCUT2D eigenvalue weighted by Gasteiger charge is 2.15. The highest BCUT2D eigenvalue weighted by atomic mass is 16.3. The number of furan rings is 1. The molecule has 18 heavy (non-hydrogen) atoms. The first-order valence-corrected chi connectivity index (χ1v) is 5.89. The van der Waals surface area contributed by atoms with Gasteiger partial charge in [0, 0.05) is 29.3 Å². The average Bonchev–Trinajstić information content (AvgIpc) is 2.84. The van der Waals surface area contributed by atoms with Gasteiger partial charge in [0.15, 0.2) is 0 Å². The maximum absolute atomic E-state index is 10.3. The highest BCUT2D eigenvalue weighted by molar-refractivity contribution is 5.81. The van der Waals surface area contributed by atoms with E-state index in [0.717, 1.165) is 22.2 Å². The van der Waals surface area contributed by atoms with E-state index in [4.69, 9.17) is 4.42 Å². The van der Waals surface area contributed by atoms with Crippen LogP contribution < -0.4 is 0 Å². The molecule has 0 amide bonds. The summed E-state index contributed by atoms with van der Waals surface area (Å²) in [7, 11) is 0. The maximum Gasteiger partial charge on any atom is 0.134 e. The number of para-hydroxylation sites is 1. The topological polar surface area (TPSA) is 46.3 Å². The van der Waals surface area contributed by atoms with Crippen LogP contribution in [0.15, 0.2) is 59.3 Å². The van der Waals surface area contributed by atoms with Crippen LogP contribution in [0, 0.1) is 0 Å². The lowest BCUT2D eigenvalue weighted by atomic mass is 10.0. The molecule has 1 unspecified atom stereocenters. The number of nitrogens with zero attached hydrogens (tertiary/aromatic N) is 1. The van der Waals surface area contributed by atoms with Crippen LogP contribution in [0.4, 0.5) is 0 Å². The second kappa shape index (κ2) is 4.63. The second-order valence-corrected chi connectivity index (χ2v) is 4.23. The predicted molar refractivity (Wildman–Crippen MR) is 69.1 cm³/mol. The van der Waals surface area contributed by atoms with E-state index in [-0.39, 0.29) is 0 Å². The Morgan fingerprint density at radius 1 is 1.11 bits per heavy atom. The average molecular weight is 239 g/mol. The van der Waals surface area contributed by atoms with Gasteiger partial charge < -0.3 is 9.52 Å². The van der Waals surface area contributed by atoms with Crippen LogP contribution >= 0.6 is 0 Å². The lowest BCUT2D eigenvalue weighted by molar-refractivity contribution is 0.177. The van der Waals surface area contributed by atoms with Crippen LogP contribution in [0.3, 0.4) is 0 Å². The van der Waals surface area contributed by atoms with Gasteiger partial charge in [-0.15, -0.1) is 0 Å². The second-order valence-electron chi connectivity index (χ2n) is 4.23. The fourth-order valence-electron chi connectivity index (χ4n) is 2.08. The van der Waals surface area contributed by atoms with Crippen molar-refractivity contribution in [2.45, 2.75) is 12.5 Å². The lowest BCUT2D eigenvalue weighted by Crippen LogP contribution is -2.02. The van der Waals surface area contributed by atoms with E-state index >= 15 is 0 Å². The molecule has 0 aliphatic heterocycles. The van der Waals surface area contributed by atoms with Gasteiger partial charge in [-0.2, -0.15) is 0 Å². The Morgan fingerprint density at radius 3 is 2.78 bits per heavy atom. The molecule has 3 aromatic rings. The van der Waals surface area contributed by atoms with Crippen molar-refractivity contribution in [1.82, 2.24) is 4.98 Å². The Hall–Kier alpha value is -2.13. The molecular formula is C15H13NO2. The molecule has 1 N–H and O–H groups in total. The van der Waals surface area contributed by atoms with Gasteiger partial charge in [0.05, 0.1) is 12.4 Å². The molecule has 2 aromatic heterocycles. The molecule has 1 aromatic carbocycles. The summed E-state index contributed by atoms with van der Waals surface area (Å²) in [4.78, 5) is 4.22. The SMILES string of the molecule is OC(Cc1ccccn1)c1coc2ccccc12. The Balaban J connectivity index is 1.90. The Morgan fingerprint density at radius 2 is 1.94 bits per heavy atom. The summed E-state index contributed by atoms with van der Waals surface area (Å²) in [5, 5.41) is 11.2. The molecule has 0 fully saturated rings. The van der Waals surface area contributed by atoms with Crippen molar-refractivity contribution in [3.8, 4) is 0 Å². The summed E-state index contributed by atoms with van der Waals surface area (Å²) in [6.07, 6.45) is 3.25. The summed E-state index contributed by atoms with van der Waals surface area (Å²) >= 11 is 0. The minimum absolute atomic E-state index is 0.490. The fourth-order valence-corrected chi connectivity index (χ4v) is 2.08. The van der Waals surface area contributed by atoms with E-state index in [9.17, 15) is 5.11 Å². The normalized spacial score (nSPS) is 12.7. The zero-order valence-electron chi connectivity index (χ0n) is 9.78. The molecule has 2 heterocycles. The van der Waals surface area contributed by atoms with Crippen LogP contribution in [0.5, 0.6) is 0 Å². The van der Waals surface area contributed by atoms with E-state index < -0.39 is 6.10 Å². The quantitative estimate of drug-likeness (QED) is 0.763. The predicted octanol–water partition coefficient (Wildman–Crippen LogP) is 3.10. The lowest BCUT2D eigenvalue weighted by Gasteiger charge is -2.08. The summed E-state index contributed by atoms with van der Waals surface area (Å²) < 4.78 is 5.43. The van der Waals surface area contributed by atoms with Gasteiger partial charge in [-0.3, -0.25) is 4.98 Å². The molecule has 0 saturated carbocycles. The number of fused-ring (bicyclic) bond motifs is 1. The molecule has 0 radical (unpaired) electrons. The molecule has 0 aliphatic carbocycles. The van der Waals surface area contributed by atoms with Crippen molar-refractivity contribution in [3.63, 3.8) is 0 Å². The first kappa shape index (κ1) is 11.0. The van der Waals surface area contributed by atoms with Crippen molar-refractivity contribution in [1.29, 1.82) is 0 Å². The van der Waals surface area contributed by atoms with Crippen molar-refractivity contribution < 1.29 is 9.52 Å². The third kappa shape index (κ3) is 2.00. The number of aromatic nitrogens is 1. The van der Waals surface area contributed by atoms with Crippen LogP contribution in [0.1, 0.15) is 17.4 Å². The largest absolute Gasteiger partial charge is 0.464 e. The molecular weight excluding hydrogens is 226 g/mol. The molecule has 90 valence electrons. The van der Waals surface area contributed by atoms with Crippen LogP contribution in [-0.4, -0.2) is 10.1 Å². The van der Waals surface area contributed by atoms with Gasteiger partial charge in [0.25, 0.3) is 0 Å². The van der Waals surface area contributed by atoms with E-state index in [0.29, 0.717) is 6.42 Å². The number of aliphatic hydroxyl groups is 1. The summed E-state index contributed by atoms with van der Waals surface area (Å²) in [5.41, 5.74) is 2.49. The van der Waals surface area contributed by atoms with E-state index in [1.165, 1.54) is 0 Å². The van der Waals surface area contributed by atoms with Gasteiger partial charge in [0.2, 0.25) is 0 Å². The third-order valence-corrected chi connectivity index (χ3v) is 3.00. The third-order valence-electron chi connectivity index (χ3n) is 3.00. The smallest absolute Gasteiger partial charge is 0.134 e. The minimum Gasteiger partial charge on any atom is -0.464 e. The molecule has 3 rings (SSSR count). The molecule has 0 spiro atoms. The highest BCUT2D eigenvalue weighted by Crippen LogP contribution is 2.27. The summed E-state index contributed by atoms with van der Waals surface area (Å²) in [6, 6.07) is 13.4. The minimum atomic E-state index is -0.594. The Kier molecular flexibility index (Phi) is 2.82. The number of hydrogen-bond donors (Lipinski definition) is 1. The van der Waals surface area contributed by atoms with Gasteiger partial charge in [-0.25, -0.2) is 0 Å². The van der Waals surface area contributed by atoms with Gasteiger partial charge in [0.1, 0.15) is 5.58 Å². The molecule has 3 nitrogen and oxygen atoms in total. The van der Waals surface area contributed by atoms with Crippen molar-refractivity contribution in [2.24, 2.45) is 0 Å². The first-order chi connectivity index (χ1) is 8.84. The number of hydrogen-bond acceptors (Lipinski definition) is 3. The number of rotatable bonds is 3. The maximum atomic E-state index is 10.3. The summed E-state index contributed by atoms with van der Waals surface area (Å²) in [5.74, 6) is 0. The molecule has 3 heteroatoms.